The number of hydrogen-bond donors (Lipinski definition) is 1. The van der Waals surface area contributed by atoms with Crippen LogP contribution in [0, 0.1) is 0 Å². The second kappa shape index (κ2) is 6.18. The zero-order valence-corrected chi connectivity index (χ0v) is 15.6. The normalized spacial score (nSPS) is 19.4. The van der Waals surface area contributed by atoms with E-state index in [1.807, 2.05) is 25.9 Å². The first-order valence-corrected chi connectivity index (χ1v) is 9.73. The predicted octanol–water partition coefficient (Wildman–Crippen LogP) is 1.39. The standard InChI is InChI=1S/C16H26N4O3S/c1-5-19-10-17(3)8-12-7-14(24(21,22)23)16-13(15(12)19)9-18(4)11-20(16)6-2/h7H,5-6,8-11H2,1-4H3,(H,21,22,23). The van der Waals surface area contributed by atoms with Crippen molar-refractivity contribution in [1.29, 1.82) is 0 Å². The monoisotopic (exact) mass is 354 g/mol. The van der Waals surface area contributed by atoms with E-state index in [-0.39, 0.29) is 4.90 Å². The number of anilines is 2. The molecule has 1 aromatic carbocycles. The lowest BCUT2D eigenvalue weighted by molar-refractivity contribution is 0.295. The summed E-state index contributed by atoms with van der Waals surface area (Å²) in [5.74, 6) is 0. The van der Waals surface area contributed by atoms with Crippen molar-refractivity contribution < 1.29 is 13.0 Å². The predicted molar refractivity (Wildman–Crippen MR) is 95.0 cm³/mol. The summed E-state index contributed by atoms with van der Waals surface area (Å²) in [6, 6.07) is 1.66. The summed E-state index contributed by atoms with van der Waals surface area (Å²) in [7, 11) is -0.230. The number of rotatable bonds is 3. The van der Waals surface area contributed by atoms with E-state index in [0.717, 1.165) is 30.0 Å². The molecule has 0 saturated heterocycles. The van der Waals surface area contributed by atoms with Gasteiger partial charge in [0.25, 0.3) is 10.1 Å². The summed E-state index contributed by atoms with van der Waals surface area (Å²) in [6.45, 7) is 8.47. The van der Waals surface area contributed by atoms with Crippen LogP contribution in [0.25, 0.3) is 0 Å². The van der Waals surface area contributed by atoms with E-state index >= 15 is 0 Å². The van der Waals surface area contributed by atoms with E-state index in [1.165, 1.54) is 0 Å². The number of fused-ring (bicyclic) bond motifs is 3. The van der Waals surface area contributed by atoms with Gasteiger partial charge in [-0.15, -0.1) is 0 Å². The third-order valence-corrected chi connectivity index (χ3v) is 5.65. The Balaban J connectivity index is 2.33. The lowest BCUT2D eigenvalue weighted by Gasteiger charge is -2.43. The Morgan fingerprint density at radius 3 is 2.08 bits per heavy atom. The number of nitrogens with zero attached hydrogens (tertiary/aromatic N) is 4. The Morgan fingerprint density at radius 1 is 1.00 bits per heavy atom. The van der Waals surface area contributed by atoms with Crippen LogP contribution in [0.1, 0.15) is 25.0 Å². The summed E-state index contributed by atoms with van der Waals surface area (Å²) in [6.07, 6.45) is 0. The topological polar surface area (TPSA) is 67.3 Å². The van der Waals surface area contributed by atoms with Crippen LogP contribution >= 0.6 is 0 Å². The van der Waals surface area contributed by atoms with E-state index in [1.54, 1.807) is 6.07 Å². The molecule has 0 bridgehead atoms. The second-order valence-electron chi connectivity index (χ2n) is 6.71. The van der Waals surface area contributed by atoms with Crippen molar-refractivity contribution in [3.05, 3.63) is 17.2 Å². The van der Waals surface area contributed by atoms with Crippen LogP contribution in [0.15, 0.2) is 11.0 Å². The molecule has 3 rings (SSSR count). The van der Waals surface area contributed by atoms with Gasteiger partial charge in [-0.05, 0) is 39.6 Å². The zero-order chi connectivity index (χ0) is 17.6. The van der Waals surface area contributed by atoms with Gasteiger partial charge < -0.3 is 9.80 Å². The van der Waals surface area contributed by atoms with Gasteiger partial charge in [0, 0.05) is 37.4 Å². The van der Waals surface area contributed by atoms with E-state index in [9.17, 15) is 13.0 Å². The summed E-state index contributed by atoms with van der Waals surface area (Å²) in [4.78, 5) is 8.66. The fourth-order valence-electron chi connectivity index (χ4n) is 3.86. The van der Waals surface area contributed by atoms with Gasteiger partial charge >= 0.3 is 0 Å². The lowest BCUT2D eigenvalue weighted by Crippen LogP contribution is -2.45. The molecule has 0 aliphatic carbocycles. The van der Waals surface area contributed by atoms with Crippen molar-refractivity contribution in [1.82, 2.24) is 9.80 Å². The summed E-state index contributed by atoms with van der Waals surface area (Å²) >= 11 is 0. The highest BCUT2D eigenvalue weighted by Gasteiger charge is 2.34. The van der Waals surface area contributed by atoms with Crippen molar-refractivity contribution in [2.75, 3.05) is 50.3 Å². The molecule has 0 unspecified atom stereocenters. The molecule has 0 saturated carbocycles. The minimum Gasteiger partial charge on any atom is -0.358 e. The smallest absolute Gasteiger partial charge is 0.296 e. The van der Waals surface area contributed by atoms with Crippen LogP contribution < -0.4 is 9.80 Å². The molecular formula is C16H26N4O3S. The van der Waals surface area contributed by atoms with E-state index in [4.69, 9.17) is 0 Å². The molecule has 0 aromatic heterocycles. The number of hydrogen-bond acceptors (Lipinski definition) is 6. The molecule has 1 aromatic rings. The lowest BCUT2D eigenvalue weighted by atomic mass is 9.98. The zero-order valence-electron chi connectivity index (χ0n) is 14.8. The van der Waals surface area contributed by atoms with Crippen LogP contribution in [0.5, 0.6) is 0 Å². The minimum atomic E-state index is -4.28. The molecule has 24 heavy (non-hydrogen) atoms. The molecule has 0 radical (unpaired) electrons. The van der Waals surface area contributed by atoms with Gasteiger partial charge in [0.15, 0.2) is 0 Å². The van der Waals surface area contributed by atoms with E-state index in [2.05, 4.69) is 21.6 Å². The second-order valence-corrected chi connectivity index (χ2v) is 8.10. The van der Waals surface area contributed by atoms with Crippen LogP contribution in [0.2, 0.25) is 0 Å². The highest BCUT2D eigenvalue weighted by Crippen LogP contribution is 2.43. The van der Waals surface area contributed by atoms with E-state index < -0.39 is 10.1 Å². The fraction of sp³-hybridized carbons (Fsp3) is 0.625. The summed E-state index contributed by atoms with van der Waals surface area (Å²) < 4.78 is 33.9. The molecule has 2 aliphatic rings. The highest BCUT2D eigenvalue weighted by molar-refractivity contribution is 7.86. The van der Waals surface area contributed by atoms with Crippen LogP contribution in [-0.4, -0.2) is 63.3 Å². The van der Waals surface area contributed by atoms with Gasteiger partial charge in [-0.25, -0.2) is 0 Å². The average Bonchev–Trinajstić information content (AvgIpc) is 2.50. The van der Waals surface area contributed by atoms with Crippen molar-refractivity contribution >= 4 is 21.5 Å². The van der Waals surface area contributed by atoms with Gasteiger partial charge in [0.2, 0.25) is 0 Å². The van der Waals surface area contributed by atoms with E-state index in [0.29, 0.717) is 32.0 Å². The van der Waals surface area contributed by atoms with Gasteiger partial charge in [-0.3, -0.25) is 14.4 Å². The third kappa shape index (κ3) is 2.88. The van der Waals surface area contributed by atoms with Gasteiger partial charge in [-0.1, -0.05) is 0 Å². The van der Waals surface area contributed by atoms with Gasteiger partial charge in [-0.2, -0.15) is 8.42 Å². The largest absolute Gasteiger partial charge is 0.358 e. The molecule has 2 aliphatic heterocycles. The summed E-state index contributed by atoms with van der Waals surface area (Å²) in [5, 5.41) is 0. The molecule has 7 nitrogen and oxygen atoms in total. The Morgan fingerprint density at radius 2 is 1.54 bits per heavy atom. The fourth-order valence-corrected chi connectivity index (χ4v) is 4.65. The first-order valence-electron chi connectivity index (χ1n) is 8.29. The van der Waals surface area contributed by atoms with Crippen LogP contribution in [0.3, 0.4) is 0 Å². The number of benzene rings is 1. The Bertz CT molecular complexity index is 750. The molecule has 0 amide bonds. The van der Waals surface area contributed by atoms with Gasteiger partial charge in [0.05, 0.1) is 19.0 Å². The van der Waals surface area contributed by atoms with Crippen LogP contribution in [0.4, 0.5) is 11.4 Å². The van der Waals surface area contributed by atoms with Crippen molar-refractivity contribution in [2.45, 2.75) is 31.8 Å². The maximum atomic E-state index is 12.1. The summed E-state index contributed by atoms with van der Waals surface area (Å²) in [5.41, 5.74) is 3.76. The third-order valence-electron chi connectivity index (χ3n) is 4.78. The Kier molecular flexibility index (Phi) is 4.50. The molecule has 1 N–H and O–H groups in total. The molecule has 0 atom stereocenters. The highest BCUT2D eigenvalue weighted by atomic mass is 32.2. The average molecular weight is 354 g/mol. The molecule has 0 spiro atoms. The minimum absolute atomic E-state index is 0.0394. The van der Waals surface area contributed by atoms with Crippen molar-refractivity contribution in [2.24, 2.45) is 0 Å². The first kappa shape index (κ1) is 17.5. The molecular weight excluding hydrogens is 328 g/mol. The van der Waals surface area contributed by atoms with Crippen molar-refractivity contribution in [3.8, 4) is 0 Å². The van der Waals surface area contributed by atoms with Crippen molar-refractivity contribution in [3.63, 3.8) is 0 Å². The van der Waals surface area contributed by atoms with Crippen LogP contribution in [-0.2, 0) is 23.2 Å². The molecule has 8 heteroatoms. The molecule has 2 heterocycles. The Labute approximate surface area is 144 Å². The molecule has 134 valence electrons. The maximum absolute atomic E-state index is 12.1. The maximum Gasteiger partial charge on any atom is 0.296 e. The SMILES string of the molecule is CCN1CN(C)Cc2cc(S(=O)(=O)O)c3c(c21)CN(C)CN3CC. The first-order chi connectivity index (χ1) is 11.3. The Hall–Kier alpha value is -1.35. The quantitative estimate of drug-likeness (QED) is 0.823. The van der Waals surface area contributed by atoms with Gasteiger partial charge in [0.1, 0.15) is 4.90 Å². The molecule has 0 fully saturated rings.